The Kier molecular flexibility index (Phi) is 3.89. The zero-order valence-corrected chi connectivity index (χ0v) is 15.3. The van der Waals surface area contributed by atoms with E-state index in [0.29, 0.717) is 23.8 Å². The quantitative estimate of drug-likeness (QED) is 0.547. The van der Waals surface area contributed by atoms with E-state index in [2.05, 4.69) is 20.2 Å². The molecule has 1 fully saturated rings. The first-order valence-corrected chi connectivity index (χ1v) is 9.22. The number of likely N-dealkylation sites (tertiary alicyclic amines) is 1. The zero-order chi connectivity index (χ0) is 19.1. The van der Waals surface area contributed by atoms with Gasteiger partial charge in [-0.2, -0.15) is 10.1 Å². The summed E-state index contributed by atoms with van der Waals surface area (Å²) in [6.45, 7) is 2.52. The smallest absolute Gasteiger partial charge is 0.257 e. The number of fused-ring (bicyclic) bond motifs is 1. The summed E-state index contributed by atoms with van der Waals surface area (Å²) in [5.41, 5.74) is 2.90. The standard InChI is InChI=1S/C20H18N6O2/c1-13-15(12-21-17-9-10-22-26(13)17)20(27)25-11-5-8-16(25)19-23-18(24-28-19)14-6-3-2-4-7-14/h2-4,6-7,9-10,12,16H,5,8,11H2,1H3/t16-/m0/s1. The van der Waals surface area contributed by atoms with Gasteiger partial charge < -0.3 is 9.42 Å². The summed E-state index contributed by atoms with van der Waals surface area (Å²) in [6, 6.07) is 11.2. The van der Waals surface area contributed by atoms with Gasteiger partial charge in [-0.25, -0.2) is 9.50 Å². The van der Waals surface area contributed by atoms with Gasteiger partial charge in [0.05, 0.1) is 17.5 Å². The van der Waals surface area contributed by atoms with Crippen LogP contribution in [0.5, 0.6) is 0 Å². The highest BCUT2D eigenvalue weighted by Crippen LogP contribution is 2.33. The molecular formula is C20H18N6O2. The predicted octanol–water partition coefficient (Wildman–Crippen LogP) is 3.07. The lowest BCUT2D eigenvalue weighted by atomic mass is 10.1. The summed E-state index contributed by atoms with van der Waals surface area (Å²) in [7, 11) is 0. The molecule has 140 valence electrons. The molecule has 1 aliphatic heterocycles. The first-order chi connectivity index (χ1) is 13.7. The third-order valence-electron chi connectivity index (χ3n) is 5.16. The molecule has 0 radical (unpaired) electrons. The lowest BCUT2D eigenvalue weighted by Crippen LogP contribution is -2.31. The van der Waals surface area contributed by atoms with Gasteiger partial charge >= 0.3 is 0 Å². The van der Waals surface area contributed by atoms with Gasteiger partial charge in [0.1, 0.15) is 6.04 Å². The van der Waals surface area contributed by atoms with Gasteiger partial charge in [0, 0.05) is 24.4 Å². The van der Waals surface area contributed by atoms with E-state index in [1.807, 2.05) is 43.3 Å². The first kappa shape index (κ1) is 16.6. The highest BCUT2D eigenvalue weighted by atomic mass is 16.5. The molecule has 1 amide bonds. The summed E-state index contributed by atoms with van der Waals surface area (Å²) < 4.78 is 7.20. The number of hydrogen-bond donors (Lipinski definition) is 0. The van der Waals surface area contributed by atoms with E-state index in [1.54, 1.807) is 21.8 Å². The highest BCUT2D eigenvalue weighted by molar-refractivity contribution is 5.95. The van der Waals surface area contributed by atoms with Gasteiger partial charge in [0.15, 0.2) is 5.65 Å². The number of amides is 1. The van der Waals surface area contributed by atoms with Crippen molar-refractivity contribution in [3.8, 4) is 11.4 Å². The van der Waals surface area contributed by atoms with Crippen LogP contribution in [0.3, 0.4) is 0 Å². The number of aryl methyl sites for hydroxylation is 1. The van der Waals surface area contributed by atoms with Crippen LogP contribution in [-0.2, 0) is 0 Å². The molecule has 3 aromatic heterocycles. The van der Waals surface area contributed by atoms with Crippen molar-refractivity contribution >= 4 is 11.6 Å². The maximum Gasteiger partial charge on any atom is 0.257 e. The fourth-order valence-electron chi connectivity index (χ4n) is 3.70. The second-order valence-corrected chi connectivity index (χ2v) is 6.84. The lowest BCUT2D eigenvalue weighted by Gasteiger charge is -2.22. The second-order valence-electron chi connectivity index (χ2n) is 6.84. The molecule has 1 atom stereocenters. The molecule has 0 saturated carbocycles. The topological polar surface area (TPSA) is 89.4 Å². The molecule has 8 heteroatoms. The Morgan fingerprint density at radius 2 is 2.07 bits per heavy atom. The Labute approximate surface area is 160 Å². The third-order valence-corrected chi connectivity index (χ3v) is 5.16. The molecule has 0 spiro atoms. The largest absolute Gasteiger partial charge is 0.337 e. The van der Waals surface area contributed by atoms with Crippen LogP contribution in [0.1, 0.15) is 40.8 Å². The molecular weight excluding hydrogens is 356 g/mol. The highest BCUT2D eigenvalue weighted by Gasteiger charge is 2.35. The predicted molar refractivity (Wildman–Crippen MR) is 100 cm³/mol. The van der Waals surface area contributed by atoms with Crippen LogP contribution in [0.2, 0.25) is 0 Å². The number of benzene rings is 1. The van der Waals surface area contributed by atoms with E-state index in [9.17, 15) is 4.79 Å². The van der Waals surface area contributed by atoms with Crippen molar-refractivity contribution in [3.63, 3.8) is 0 Å². The summed E-state index contributed by atoms with van der Waals surface area (Å²) in [4.78, 5) is 23.9. The molecule has 8 nitrogen and oxygen atoms in total. The van der Waals surface area contributed by atoms with Gasteiger partial charge in [-0.1, -0.05) is 35.5 Å². The Bertz CT molecular complexity index is 1150. The van der Waals surface area contributed by atoms with E-state index in [-0.39, 0.29) is 11.9 Å². The van der Waals surface area contributed by atoms with Gasteiger partial charge in [-0.15, -0.1) is 0 Å². The molecule has 5 rings (SSSR count). The fraction of sp³-hybridized carbons (Fsp3) is 0.250. The van der Waals surface area contributed by atoms with Gasteiger partial charge in [-0.05, 0) is 19.8 Å². The van der Waals surface area contributed by atoms with Gasteiger partial charge in [0.25, 0.3) is 5.91 Å². The number of nitrogens with zero attached hydrogens (tertiary/aromatic N) is 6. The van der Waals surface area contributed by atoms with Crippen LogP contribution in [0.15, 0.2) is 53.3 Å². The van der Waals surface area contributed by atoms with Gasteiger partial charge in [-0.3, -0.25) is 4.79 Å². The molecule has 1 aliphatic rings. The van der Waals surface area contributed by atoms with Crippen molar-refractivity contribution in [2.75, 3.05) is 6.54 Å². The van der Waals surface area contributed by atoms with Crippen LogP contribution in [0.25, 0.3) is 17.0 Å². The van der Waals surface area contributed by atoms with E-state index in [0.717, 1.165) is 29.7 Å². The third kappa shape index (κ3) is 2.65. The number of carbonyl (C=O) groups excluding carboxylic acids is 1. The molecule has 0 bridgehead atoms. The summed E-state index contributed by atoms with van der Waals surface area (Å²) >= 11 is 0. The first-order valence-electron chi connectivity index (χ1n) is 9.22. The van der Waals surface area contributed by atoms with Crippen LogP contribution < -0.4 is 0 Å². The number of carbonyl (C=O) groups is 1. The molecule has 0 aliphatic carbocycles. The van der Waals surface area contributed by atoms with Crippen molar-refractivity contribution in [1.29, 1.82) is 0 Å². The zero-order valence-electron chi connectivity index (χ0n) is 15.3. The SMILES string of the molecule is Cc1c(C(=O)N2CCC[C@H]2c2nc(-c3ccccc3)no2)cnc2ccnn12. The average molecular weight is 374 g/mol. The molecule has 0 unspecified atom stereocenters. The van der Waals surface area contributed by atoms with Crippen LogP contribution in [0, 0.1) is 6.92 Å². The van der Waals surface area contributed by atoms with E-state index < -0.39 is 0 Å². The Morgan fingerprint density at radius 1 is 1.21 bits per heavy atom. The number of rotatable bonds is 3. The minimum Gasteiger partial charge on any atom is -0.337 e. The maximum absolute atomic E-state index is 13.2. The van der Waals surface area contributed by atoms with E-state index >= 15 is 0 Å². The molecule has 28 heavy (non-hydrogen) atoms. The minimum absolute atomic E-state index is 0.0932. The number of aromatic nitrogens is 5. The number of hydrogen-bond acceptors (Lipinski definition) is 6. The normalized spacial score (nSPS) is 16.8. The van der Waals surface area contributed by atoms with E-state index in [1.165, 1.54) is 0 Å². The monoisotopic (exact) mass is 374 g/mol. The Balaban J connectivity index is 1.46. The Morgan fingerprint density at radius 3 is 2.93 bits per heavy atom. The summed E-state index contributed by atoms with van der Waals surface area (Å²) in [6.07, 6.45) is 4.97. The lowest BCUT2D eigenvalue weighted by molar-refractivity contribution is 0.0708. The Hall–Kier alpha value is -3.55. The minimum atomic E-state index is -0.231. The van der Waals surface area contributed by atoms with E-state index in [4.69, 9.17) is 4.52 Å². The summed E-state index contributed by atoms with van der Waals surface area (Å²) in [5.74, 6) is 0.908. The molecule has 0 N–H and O–H groups in total. The van der Waals surface area contributed by atoms with Crippen molar-refractivity contribution in [2.24, 2.45) is 0 Å². The van der Waals surface area contributed by atoms with Crippen LogP contribution in [0.4, 0.5) is 0 Å². The molecule has 4 heterocycles. The second kappa shape index (κ2) is 6.56. The van der Waals surface area contributed by atoms with Crippen molar-refractivity contribution in [2.45, 2.75) is 25.8 Å². The maximum atomic E-state index is 13.2. The molecule has 1 aromatic carbocycles. The van der Waals surface area contributed by atoms with Crippen LogP contribution in [-0.4, -0.2) is 42.1 Å². The average Bonchev–Trinajstić information content (AvgIpc) is 3.47. The van der Waals surface area contributed by atoms with Crippen molar-refractivity contribution in [1.82, 2.24) is 29.6 Å². The van der Waals surface area contributed by atoms with Crippen molar-refractivity contribution in [3.05, 3.63) is 65.9 Å². The van der Waals surface area contributed by atoms with Gasteiger partial charge in [0.2, 0.25) is 11.7 Å². The molecule has 1 saturated heterocycles. The summed E-state index contributed by atoms with van der Waals surface area (Å²) in [5, 5.41) is 8.34. The molecule has 4 aromatic rings. The van der Waals surface area contributed by atoms with Crippen molar-refractivity contribution < 1.29 is 9.32 Å². The fourth-order valence-corrected chi connectivity index (χ4v) is 3.70. The van der Waals surface area contributed by atoms with Crippen LogP contribution >= 0.6 is 0 Å².